The molecule has 0 saturated carbocycles. The van der Waals surface area contributed by atoms with Crippen molar-refractivity contribution in [1.82, 2.24) is 4.72 Å². The van der Waals surface area contributed by atoms with Gasteiger partial charge in [-0.15, -0.1) is 0 Å². The van der Waals surface area contributed by atoms with E-state index in [1.807, 2.05) is 0 Å². The molecule has 9 heteroatoms. The molecule has 1 aromatic rings. The lowest BCUT2D eigenvalue weighted by Gasteiger charge is -2.02. The summed E-state index contributed by atoms with van der Waals surface area (Å²) >= 11 is 0. The lowest BCUT2D eigenvalue weighted by molar-refractivity contribution is -0.384. The minimum atomic E-state index is -4.17. The molecule has 1 rings (SSSR count). The molecular formula is C7H6N2O6S. The lowest BCUT2D eigenvalue weighted by Crippen LogP contribution is -2.28. The van der Waals surface area contributed by atoms with Crippen LogP contribution in [-0.4, -0.2) is 24.5 Å². The van der Waals surface area contributed by atoms with Gasteiger partial charge in [-0.3, -0.25) is 10.1 Å². The van der Waals surface area contributed by atoms with E-state index in [4.69, 9.17) is 5.11 Å². The van der Waals surface area contributed by atoms with Crippen LogP contribution >= 0.6 is 0 Å². The third-order valence-electron chi connectivity index (χ3n) is 1.58. The van der Waals surface area contributed by atoms with Gasteiger partial charge >= 0.3 is 6.09 Å². The number of sulfonamides is 1. The number of non-ortho nitro benzene ring substituents is 1. The highest BCUT2D eigenvalue weighted by molar-refractivity contribution is 7.90. The van der Waals surface area contributed by atoms with Gasteiger partial charge in [-0.2, -0.15) is 0 Å². The maximum absolute atomic E-state index is 11.3. The van der Waals surface area contributed by atoms with E-state index in [0.717, 1.165) is 24.3 Å². The number of carbonyl (C=O) groups is 1. The summed E-state index contributed by atoms with van der Waals surface area (Å²) in [4.78, 5) is 19.4. The van der Waals surface area contributed by atoms with Crippen molar-refractivity contribution < 1.29 is 23.2 Å². The number of nitro benzene ring substituents is 1. The number of nitrogens with zero attached hydrogens (tertiary/aromatic N) is 1. The van der Waals surface area contributed by atoms with Gasteiger partial charge in [-0.05, 0) is 12.1 Å². The molecule has 1 aromatic carbocycles. The van der Waals surface area contributed by atoms with Crippen LogP contribution in [-0.2, 0) is 10.0 Å². The zero-order chi connectivity index (χ0) is 12.3. The second-order valence-electron chi connectivity index (χ2n) is 2.66. The van der Waals surface area contributed by atoms with Gasteiger partial charge in [-0.1, -0.05) is 0 Å². The molecule has 0 atom stereocenters. The molecule has 1 amide bonds. The van der Waals surface area contributed by atoms with E-state index >= 15 is 0 Å². The van der Waals surface area contributed by atoms with E-state index in [-0.39, 0.29) is 10.6 Å². The first-order chi connectivity index (χ1) is 7.33. The third-order valence-corrected chi connectivity index (χ3v) is 2.92. The maximum Gasteiger partial charge on any atom is 0.418 e. The van der Waals surface area contributed by atoms with Crippen molar-refractivity contribution in [3.63, 3.8) is 0 Å². The fourth-order valence-corrected chi connectivity index (χ4v) is 1.76. The summed E-state index contributed by atoms with van der Waals surface area (Å²) in [5.41, 5.74) is -0.283. The molecule has 0 heterocycles. The average Bonchev–Trinajstić information content (AvgIpc) is 2.16. The van der Waals surface area contributed by atoms with E-state index in [0.29, 0.717) is 0 Å². The van der Waals surface area contributed by atoms with Crippen LogP contribution in [0.4, 0.5) is 10.5 Å². The molecule has 0 aliphatic heterocycles. The topological polar surface area (TPSA) is 127 Å². The molecule has 0 spiro atoms. The number of hydrogen-bond acceptors (Lipinski definition) is 5. The van der Waals surface area contributed by atoms with Gasteiger partial charge in [0, 0.05) is 12.1 Å². The van der Waals surface area contributed by atoms with Crippen molar-refractivity contribution in [3.05, 3.63) is 34.4 Å². The number of carboxylic acid groups (broad SMARTS) is 1. The number of hydrogen-bond donors (Lipinski definition) is 2. The molecule has 8 nitrogen and oxygen atoms in total. The van der Waals surface area contributed by atoms with Gasteiger partial charge in [0.1, 0.15) is 0 Å². The molecule has 0 aliphatic rings. The molecule has 0 fully saturated rings. The first kappa shape index (κ1) is 11.9. The van der Waals surface area contributed by atoms with Gasteiger partial charge in [-0.25, -0.2) is 17.9 Å². The first-order valence-corrected chi connectivity index (χ1v) is 5.31. The standard InChI is InChI=1S/C7H6N2O6S/c10-7(11)8-16(14,15)6-3-1-5(2-4-6)9(12)13/h1-4,8H,(H,10,11). The normalized spacial score (nSPS) is 10.8. The second-order valence-corrected chi connectivity index (χ2v) is 4.34. The Morgan fingerprint density at radius 1 is 1.31 bits per heavy atom. The Labute approximate surface area is 89.7 Å². The average molecular weight is 246 g/mol. The van der Waals surface area contributed by atoms with Crippen molar-refractivity contribution in [2.24, 2.45) is 0 Å². The summed E-state index contributed by atoms with van der Waals surface area (Å²) in [6.07, 6.45) is -1.72. The molecular weight excluding hydrogens is 240 g/mol. The molecule has 0 saturated heterocycles. The van der Waals surface area contributed by atoms with E-state index in [9.17, 15) is 23.3 Å². The van der Waals surface area contributed by atoms with Crippen LogP contribution in [0, 0.1) is 10.1 Å². The number of nitrogens with one attached hydrogen (secondary N) is 1. The second kappa shape index (κ2) is 4.14. The number of nitro groups is 1. The molecule has 0 aliphatic carbocycles. The quantitative estimate of drug-likeness (QED) is 0.592. The fourth-order valence-electron chi connectivity index (χ4n) is 0.921. The maximum atomic E-state index is 11.3. The predicted molar refractivity (Wildman–Crippen MR) is 51.4 cm³/mol. The van der Waals surface area contributed by atoms with Crippen molar-refractivity contribution in [3.8, 4) is 0 Å². The Morgan fingerprint density at radius 3 is 2.19 bits per heavy atom. The molecule has 0 radical (unpaired) electrons. The van der Waals surface area contributed by atoms with Gasteiger partial charge in [0.2, 0.25) is 0 Å². The highest BCUT2D eigenvalue weighted by atomic mass is 32.2. The Bertz CT molecular complexity index is 520. The largest absolute Gasteiger partial charge is 0.464 e. The number of benzene rings is 1. The molecule has 86 valence electrons. The van der Waals surface area contributed by atoms with Crippen molar-refractivity contribution in [1.29, 1.82) is 0 Å². The van der Waals surface area contributed by atoms with Crippen LogP contribution in [0.2, 0.25) is 0 Å². The molecule has 16 heavy (non-hydrogen) atoms. The summed E-state index contributed by atoms with van der Waals surface area (Å²) in [5.74, 6) is 0. The zero-order valence-electron chi connectivity index (χ0n) is 7.65. The van der Waals surface area contributed by atoms with Gasteiger partial charge in [0.15, 0.2) is 0 Å². The monoisotopic (exact) mass is 246 g/mol. The highest BCUT2D eigenvalue weighted by Gasteiger charge is 2.17. The predicted octanol–water partition coefficient (Wildman–Crippen LogP) is 0.551. The van der Waals surface area contributed by atoms with E-state index in [1.54, 1.807) is 0 Å². The highest BCUT2D eigenvalue weighted by Crippen LogP contribution is 2.15. The van der Waals surface area contributed by atoms with Crippen LogP contribution in [0.15, 0.2) is 29.2 Å². The molecule has 0 bridgehead atoms. The Balaban J connectivity index is 3.07. The first-order valence-electron chi connectivity index (χ1n) is 3.83. The summed E-state index contributed by atoms with van der Waals surface area (Å²) < 4.78 is 23.8. The van der Waals surface area contributed by atoms with Crippen LogP contribution in [0.25, 0.3) is 0 Å². The Morgan fingerprint density at radius 2 is 1.81 bits per heavy atom. The molecule has 0 aromatic heterocycles. The smallest absolute Gasteiger partial charge is 0.418 e. The van der Waals surface area contributed by atoms with Crippen molar-refractivity contribution in [2.45, 2.75) is 4.90 Å². The van der Waals surface area contributed by atoms with Gasteiger partial charge in [0.05, 0.1) is 9.82 Å². The van der Waals surface area contributed by atoms with Gasteiger partial charge < -0.3 is 5.11 Å². The Hall–Kier alpha value is -2.16. The summed E-state index contributed by atoms with van der Waals surface area (Å²) in [7, 11) is -4.17. The molecule has 0 unspecified atom stereocenters. The zero-order valence-corrected chi connectivity index (χ0v) is 8.47. The van der Waals surface area contributed by atoms with Crippen molar-refractivity contribution in [2.75, 3.05) is 0 Å². The minimum absolute atomic E-state index is 0.283. The van der Waals surface area contributed by atoms with Crippen LogP contribution in [0.1, 0.15) is 0 Å². The van der Waals surface area contributed by atoms with Gasteiger partial charge in [0.25, 0.3) is 15.7 Å². The summed E-state index contributed by atoms with van der Waals surface area (Å²) in [5, 5.41) is 18.5. The lowest BCUT2D eigenvalue weighted by atomic mass is 10.3. The Kier molecular flexibility index (Phi) is 3.09. The van der Waals surface area contributed by atoms with Crippen molar-refractivity contribution >= 4 is 21.8 Å². The van der Waals surface area contributed by atoms with Crippen LogP contribution < -0.4 is 4.72 Å². The van der Waals surface area contributed by atoms with E-state index in [1.165, 1.54) is 4.72 Å². The summed E-state index contributed by atoms with van der Waals surface area (Å²) in [6, 6.07) is 3.83. The minimum Gasteiger partial charge on any atom is -0.464 e. The SMILES string of the molecule is O=C(O)NS(=O)(=O)c1ccc([N+](=O)[O-])cc1. The van der Waals surface area contributed by atoms with E-state index in [2.05, 4.69) is 0 Å². The third kappa shape index (κ3) is 2.67. The molecule has 2 N–H and O–H groups in total. The number of rotatable bonds is 3. The number of amides is 1. The van der Waals surface area contributed by atoms with Crippen LogP contribution in [0.5, 0.6) is 0 Å². The van der Waals surface area contributed by atoms with Crippen LogP contribution in [0.3, 0.4) is 0 Å². The van der Waals surface area contributed by atoms with E-state index < -0.39 is 21.0 Å². The fraction of sp³-hybridized carbons (Fsp3) is 0. The summed E-state index contributed by atoms with van der Waals surface area (Å²) in [6.45, 7) is 0.